The van der Waals surface area contributed by atoms with Gasteiger partial charge < -0.3 is 5.32 Å². The number of hydrogen-bond acceptors (Lipinski definition) is 3. The quantitative estimate of drug-likeness (QED) is 0.926. The first-order valence-corrected chi connectivity index (χ1v) is 6.42. The van der Waals surface area contributed by atoms with Crippen molar-refractivity contribution in [3.05, 3.63) is 64.4 Å². The molecule has 0 fully saturated rings. The summed E-state index contributed by atoms with van der Waals surface area (Å²) in [5, 5.41) is 13.1. The van der Waals surface area contributed by atoms with Crippen molar-refractivity contribution in [1.29, 1.82) is 5.26 Å². The second-order valence-electron chi connectivity index (χ2n) is 4.25. The third-order valence-corrected chi connectivity index (χ3v) is 3.31. The molecule has 96 valence electrons. The molecule has 2 aromatic rings. The van der Waals surface area contributed by atoms with E-state index < -0.39 is 0 Å². The predicted octanol–water partition coefficient (Wildman–Crippen LogP) is 3.46. The van der Waals surface area contributed by atoms with Gasteiger partial charge in [-0.2, -0.15) is 5.26 Å². The SMILES string of the molecule is C[C@@H](NCc1cccnc1C#N)c1ccccc1Cl. The van der Waals surface area contributed by atoms with Crippen LogP contribution in [0.3, 0.4) is 0 Å². The van der Waals surface area contributed by atoms with Gasteiger partial charge in [0.25, 0.3) is 0 Å². The maximum Gasteiger partial charge on any atom is 0.144 e. The monoisotopic (exact) mass is 271 g/mol. The predicted molar refractivity (Wildman–Crippen MR) is 75.7 cm³/mol. The first-order chi connectivity index (χ1) is 9.22. The zero-order chi connectivity index (χ0) is 13.7. The Balaban J connectivity index is 2.07. The van der Waals surface area contributed by atoms with Gasteiger partial charge in [0.05, 0.1) is 0 Å². The van der Waals surface area contributed by atoms with Gasteiger partial charge in [-0.25, -0.2) is 4.98 Å². The topological polar surface area (TPSA) is 48.7 Å². The normalized spacial score (nSPS) is 11.8. The minimum atomic E-state index is 0.112. The Bertz CT molecular complexity index is 604. The minimum absolute atomic E-state index is 0.112. The van der Waals surface area contributed by atoms with E-state index in [1.807, 2.05) is 43.3 Å². The van der Waals surface area contributed by atoms with Crippen molar-refractivity contribution in [3.8, 4) is 6.07 Å². The van der Waals surface area contributed by atoms with Crippen LogP contribution < -0.4 is 5.32 Å². The van der Waals surface area contributed by atoms with E-state index in [0.29, 0.717) is 12.2 Å². The molecule has 0 saturated carbocycles. The van der Waals surface area contributed by atoms with Gasteiger partial charge in [0, 0.05) is 29.4 Å². The molecule has 0 unspecified atom stereocenters. The molecule has 0 amide bonds. The molecular weight excluding hydrogens is 258 g/mol. The van der Waals surface area contributed by atoms with E-state index in [2.05, 4.69) is 16.4 Å². The van der Waals surface area contributed by atoms with Crippen LogP contribution in [0.25, 0.3) is 0 Å². The fourth-order valence-corrected chi connectivity index (χ4v) is 2.18. The highest BCUT2D eigenvalue weighted by molar-refractivity contribution is 6.31. The molecule has 0 bridgehead atoms. The van der Waals surface area contributed by atoms with Crippen LogP contribution in [0.15, 0.2) is 42.6 Å². The van der Waals surface area contributed by atoms with Gasteiger partial charge in [-0.1, -0.05) is 35.9 Å². The number of hydrogen-bond donors (Lipinski definition) is 1. The number of halogens is 1. The lowest BCUT2D eigenvalue weighted by atomic mass is 10.1. The minimum Gasteiger partial charge on any atom is -0.306 e. The molecule has 0 radical (unpaired) electrons. The summed E-state index contributed by atoms with van der Waals surface area (Å²) < 4.78 is 0. The lowest BCUT2D eigenvalue weighted by Crippen LogP contribution is -2.19. The zero-order valence-electron chi connectivity index (χ0n) is 10.6. The van der Waals surface area contributed by atoms with Crippen LogP contribution in [0.4, 0.5) is 0 Å². The largest absolute Gasteiger partial charge is 0.306 e. The first kappa shape index (κ1) is 13.5. The Morgan fingerprint density at radius 3 is 2.84 bits per heavy atom. The smallest absolute Gasteiger partial charge is 0.144 e. The van der Waals surface area contributed by atoms with Crippen molar-refractivity contribution in [2.75, 3.05) is 0 Å². The molecule has 0 aliphatic carbocycles. The summed E-state index contributed by atoms with van der Waals surface area (Å²) in [6.45, 7) is 2.63. The van der Waals surface area contributed by atoms with Crippen molar-refractivity contribution in [2.45, 2.75) is 19.5 Å². The molecule has 1 heterocycles. The molecule has 1 atom stereocenters. The third-order valence-electron chi connectivity index (χ3n) is 2.97. The lowest BCUT2D eigenvalue weighted by molar-refractivity contribution is 0.573. The summed E-state index contributed by atoms with van der Waals surface area (Å²) >= 11 is 6.15. The fourth-order valence-electron chi connectivity index (χ4n) is 1.88. The number of pyridine rings is 1. The maximum absolute atomic E-state index is 8.98. The van der Waals surface area contributed by atoms with E-state index in [1.54, 1.807) is 6.20 Å². The van der Waals surface area contributed by atoms with Crippen molar-refractivity contribution in [2.24, 2.45) is 0 Å². The molecule has 1 aromatic heterocycles. The van der Waals surface area contributed by atoms with Gasteiger partial charge in [0.1, 0.15) is 11.8 Å². The summed E-state index contributed by atoms with van der Waals surface area (Å²) in [5.41, 5.74) is 2.40. The third kappa shape index (κ3) is 3.31. The van der Waals surface area contributed by atoms with Gasteiger partial charge in [0.2, 0.25) is 0 Å². The van der Waals surface area contributed by atoms with Gasteiger partial charge in [-0.3, -0.25) is 0 Å². The highest BCUT2D eigenvalue weighted by atomic mass is 35.5. The Morgan fingerprint density at radius 1 is 1.32 bits per heavy atom. The van der Waals surface area contributed by atoms with E-state index in [1.165, 1.54) is 0 Å². The Morgan fingerprint density at radius 2 is 2.11 bits per heavy atom. The average molecular weight is 272 g/mol. The molecule has 1 N–H and O–H groups in total. The molecule has 0 saturated heterocycles. The summed E-state index contributed by atoms with van der Waals surface area (Å²) in [4.78, 5) is 4.04. The molecule has 0 aliphatic heterocycles. The van der Waals surface area contributed by atoms with E-state index in [4.69, 9.17) is 16.9 Å². The van der Waals surface area contributed by atoms with E-state index in [9.17, 15) is 0 Å². The van der Waals surface area contributed by atoms with Gasteiger partial charge >= 0.3 is 0 Å². The molecule has 1 aromatic carbocycles. The Hall–Kier alpha value is -1.89. The van der Waals surface area contributed by atoms with Crippen molar-refractivity contribution >= 4 is 11.6 Å². The molecule has 0 aliphatic rings. The molecule has 0 spiro atoms. The number of nitrogens with zero attached hydrogens (tertiary/aromatic N) is 2. The number of benzene rings is 1. The van der Waals surface area contributed by atoms with Crippen LogP contribution in [-0.4, -0.2) is 4.98 Å². The van der Waals surface area contributed by atoms with Crippen molar-refractivity contribution < 1.29 is 0 Å². The lowest BCUT2D eigenvalue weighted by Gasteiger charge is -2.15. The highest BCUT2D eigenvalue weighted by Gasteiger charge is 2.09. The second kappa shape index (κ2) is 6.33. The highest BCUT2D eigenvalue weighted by Crippen LogP contribution is 2.22. The summed E-state index contributed by atoms with van der Waals surface area (Å²) in [5.74, 6) is 0. The van der Waals surface area contributed by atoms with Crippen LogP contribution in [0, 0.1) is 11.3 Å². The molecular formula is C15H14ClN3. The summed E-state index contributed by atoms with van der Waals surface area (Å²) in [6.07, 6.45) is 1.62. The van der Waals surface area contributed by atoms with E-state index >= 15 is 0 Å². The van der Waals surface area contributed by atoms with Crippen molar-refractivity contribution in [1.82, 2.24) is 10.3 Å². The first-order valence-electron chi connectivity index (χ1n) is 6.04. The van der Waals surface area contributed by atoms with Gasteiger partial charge in [0.15, 0.2) is 0 Å². The average Bonchev–Trinajstić information content (AvgIpc) is 2.45. The second-order valence-corrected chi connectivity index (χ2v) is 4.65. The van der Waals surface area contributed by atoms with Crippen LogP contribution in [0.2, 0.25) is 5.02 Å². The summed E-state index contributed by atoms with van der Waals surface area (Å²) in [6, 6.07) is 13.7. The van der Waals surface area contributed by atoms with Gasteiger partial charge in [-0.15, -0.1) is 0 Å². The number of rotatable bonds is 4. The maximum atomic E-state index is 8.98. The van der Waals surface area contributed by atoms with Crippen LogP contribution >= 0.6 is 11.6 Å². The van der Waals surface area contributed by atoms with Crippen LogP contribution in [0.1, 0.15) is 29.8 Å². The van der Waals surface area contributed by atoms with E-state index in [-0.39, 0.29) is 6.04 Å². The fraction of sp³-hybridized carbons (Fsp3) is 0.200. The Kier molecular flexibility index (Phi) is 4.51. The van der Waals surface area contributed by atoms with Crippen molar-refractivity contribution in [3.63, 3.8) is 0 Å². The number of nitriles is 1. The number of aromatic nitrogens is 1. The van der Waals surface area contributed by atoms with Crippen LogP contribution in [0.5, 0.6) is 0 Å². The molecule has 3 nitrogen and oxygen atoms in total. The molecule has 19 heavy (non-hydrogen) atoms. The zero-order valence-corrected chi connectivity index (χ0v) is 11.4. The van der Waals surface area contributed by atoms with E-state index in [0.717, 1.165) is 16.1 Å². The molecule has 2 rings (SSSR count). The Labute approximate surface area is 117 Å². The molecule has 4 heteroatoms. The van der Waals surface area contributed by atoms with Gasteiger partial charge in [-0.05, 0) is 24.6 Å². The standard InChI is InChI=1S/C15H14ClN3/c1-11(13-6-2-3-7-14(13)16)19-10-12-5-4-8-18-15(12)9-17/h2-8,11,19H,10H2,1H3/t11-/m1/s1. The number of nitrogens with one attached hydrogen (secondary N) is 1. The van der Waals surface area contributed by atoms with Crippen LogP contribution in [-0.2, 0) is 6.54 Å². The summed E-state index contributed by atoms with van der Waals surface area (Å²) in [7, 11) is 0.